The average Bonchev–Trinajstić information content (AvgIpc) is 2.62. The molecule has 8 heteroatoms. The fourth-order valence-electron chi connectivity index (χ4n) is 2.11. The van der Waals surface area contributed by atoms with Crippen molar-refractivity contribution < 1.29 is 27.4 Å². The van der Waals surface area contributed by atoms with E-state index in [2.05, 4.69) is 4.72 Å². The van der Waals surface area contributed by atoms with Crippen LogP contribution in [0, 0.1) is 6.92 Å². The van der Waals surface area contributed by atoms with E-state index in [0.29, 0.717) is 11.3 Å². The van der Waals surface area contributed by atoms with Gasteiger partial charge in [0.1, 0.15) is 5.75 Å². The van der Waals surface area contributed by atoms with Crippen molar-refractivity contribution in [3.63, 3.8) is 0 Å². The number of ether oxygens (including phenoxy) is 3. The Morgan fingerprint density at radius 2 is 1.80 bits per heavy atom. The molecule has 2 rings (SSSR count). The van der Waals surface area contributed by atoms with Crippen LogP contribution >= 0.6 is 0 Å². The van der Waals surface area contributed by atoms with Crippen molar-refractivity contribution >= 4 is 21.7 Å². The van der Waals surface area contributed by atoms with E-state index in [1.54, 1.807) is 25.1 Å². The van der Waals surface area contributed by atoms with Gasteiger partial charge in [0.15, 0.2) is 6.79 Å². The molecule has 0 radical (unpaired) electrons. The number of hydrogen-bond donors (Lipinski definition) is 1. The van der Waals surface area contributed by atoms with Gasteiger partial charge in [0.25, 0.3) is 10.0 Å². The normalized spacial score (nSPS) is 11.0. The third kappa shape index (κ3) is 4.49. The third-order valence-corrected chi connectivity index (χ3v) is 4.79. The molecule has 0 aliphatic rings. The van der Waals surface area contributed by atoms with Gasteiger partial charge < -0.3 is 14.2 Å². The number of hydrogen-bond acceptors (Lipinski definition) is 6. The van der Waals surface area contributed by atoms with E-state index < -0.39 is 16.0 Å². The molecule has 0 atom stereocenters. The second-order valence-electron chi connectivity index (χ2n) is 5.11. The Kier molecular flexibility index (Phi) is 6.00. The zero-order valence-electron chi connectivity index (χ0n) is 14.1. The Hall–Kier alpha value is -2.58. The quantitative estimate of drug-likeness (QED) is 0.599. The lowest BCUT2D eigenvalue weighted by molar-refractivity contribution is 0.0499. The Labute approximate surface area is 146 Å². The van der Waals surface area contributed by atoms with Crippen LogP contribution in [-0.2, 0) is 19.5 Å². The Bertz CT molecular complexity index is 849. The predicted molar refractivity (Wildman–Crippen MR) is 92.3 cm³/mol. The van der Waals surface area contributed by atoms with E-state index in [1.807, 2.05) is 0 Å². The van der Waals surface area contributed by atoms with E-state index in [9.17, 15) is 13.2 Å². The summed E-state index contributed by atoms with van der Waals surface area (Å²) in [5, 5.41) is 0. The summed E-state index contributed by atoms with van der Waals surface area (Å²) in [6.07, 6.45) is 0. The minimum absolute atomic E-state index is 0.0453. The van der Waals surface area contributed by atoms with Crippen LogP contribution in [0.3, 0.4) is 0 Å². The molecule has 2 aromatic carbocycles. The molecule has 0 bridgehead atoms. The average molecular weight is 365 g/mol. The van der Waals surface area contributed by atoms with Gasteiger partial charge >= 0.3 is 5.97 Å². The molecule has 0 amide bonds. The highest BCUT2D eigenvalue weighted by molar-refractivity contribution is 7.92. The number of methoxy groups -OCH3 is 2. The minimum atomic E-state index is -3.81. The Balaban J connectivity index is 2.46. The van der Waals surface area contributed by atoms with Crippen molar-refractivity contribution in [2.45, 2.75) is 11.8 Å². The Morgan fingerprint density at radius 3 is 2.40 bits per heavy atom. The number of rotatable bonds is 7. The molecule has 0 aliphatic heterocycles. The van der Waals surface area contributed by atoms with Gasteiger partial charge in [-0.3, -0.25) is 4.72 Å². The predicted octanol–water partition coefficient (Wildman–Crippen LogP) is 2.57. The first-order valence-corrected chi connectivity index (χ1v) is 8.80. The van der Waals surface area contributed by atoms with Crippen LogP contribution in [0.1, 0.15) is 15.9 Å². The first-order chi connectivity index (χ1) is 11.9. The molecule has 7 nitrogen and oxygen atoms in total. The second kappa shape index (κ2) is 8.00. The largest absolute Gasteiger partial charge is 0.467 e. The van der Waals surface area contributed by atoms with Gasteiger partial charge in [0.2, 0.25) is 0 Å². The highest BCUT2D eigenvalue weighted by Crippen LogP contribution is 2.30. The van der Waals surface area contributed by atoms with E-state index in [0.717, 1.165) is 0 Å². The zero-order chi connectivity index (χ0) is 18.4. The van der Waals surface area contributed by atoms with Gasteiger partial charge in [-0.1, -0.05) is 18.2 Å². The summed E-state index contributed by atoms with van der Waals surface area (Å²) in [6.45, 7) is 1.63. The van der Waals surface area contributed by atoms with Gasteiger partial charge in [-0.15, -0.1) is 0 Å². The van der Waals surface area contributed by atoms with Crippen LogP contribution in [0.25, 0.3) is 0 Å². The van der Waals surface area contributed by atoms with Gasteiger partial charge in [-0.2, -0.15) is 0 Å². The fraction of sp³-hybridized carbons (Fsp3) is 0.235. The molecule has 1 N–H and O–H groups in total. The van der Waals surface area contributed by atoms with Crippen LogP contribution in [0.4, 0.5) is 5.69 Å². The van der Waals surface area contributed by atoms with E-state index in [-0.39, 0.29) is 22.9 Å². The van der Waals surface area contributed by atoms with Crippen molar-refractivity contribution in [1.82, 2.24) is 0 Å². The number of anilines is 1. The molecule has 0 heterocycles. The van der Waals surface area contributed by atoms with Crippen LogP contribution in [-0.4, -0.2) is 35.4 Å². The number of nitrogens with one attached hydrogen (secondary N) is 1. The summed E-state index contributed by atoms with van der Waals surface area (Å²) in [7, 11) is -1.11. The molecule has 0 fully saturated rings. The number of carbonyl (C=O) groups is 1. The van der Waals surface area contributed by atoms with Gasteiger partial charge in [0, 0.05) is 12.7 Å². The van der Waals surface area contributed by atoms with Crippen molar-refractivity contribution in [3.8, 4) is 5.75 Å². The van der Waals surface area contributed by atoms with Gasteiger partial charge in [0.05, 0.1) is 23.3 Å². The van der Waals surface area contributed by atoms with E-state index in [1.165, 1.54) is 38.5 Å². The maximum absolute atomic E-state index is 12.5. The molecular formula is C17H19NO6S. The van der Waals surface area contributed by atoms with Crippen LogP contribution in [0.2, 0.25) is 0 Å². The summed E-state index contributed by atoms with van der Waals surface area (Å²) in [4.78, 5) is 12.0. The maximum Gasteiger partial charge on any atom is 0.338 e. The molecule has 25 heavy (non-hydrogen) atoms. The highest BCUT2D eigenvalue weighted by atomic mass is 32.2. The van der Waals surface area contributed by atoms with E-state index in [4.69, 9.17) is 14.2 Å². The Morgan fingerprint density at radius 1 is 1.12 bits per heavy atom. The van der Waals surface area contributed by atoms with Gasteiger partial charge in [-0.25, -0.2) is 13.2 Å². The number of benzene rings is 2. The summed E-state index contributed by atoms with van der Waals surface area (Å²) in [5.74, 6) is -0.294. The molecule has 2 aromatic rings. The van der Waals surface area contributed by atoms with Crippen molar-refractivity contribution in [2.75, 3.05) is 25.7 Å². The molecule has 0 saturated carbocycles. The van der Waals surface area contributed by atoms with Crippen molar-refractivity contribution in [3.05, 3.63) is 53.6 Å². The molecule has 0 saturated heterocycles. The van der Waals surface area contributed by atoms with Gasteiger partial charge in [-0.05, 0) is 31.2 Å². The third-order valence-electron chi connectivity index (χ3n) is 3.41. The topological polar surface area (TPSA) is 90.9 Å². The molecule has 0 spiro atoms. The maximum atomic E-state index is 12.5. The van der Waals surface area contributed by atoms with Crippen LogP contribution in [0.5, 0.6) is 5.75 Å². The first-order valence-electron chi connectivity index (χ1n) is 7.31. The number of carbonyl (C=O) groups excluding carboxylic acids is 1. The SMILES string of the molecule is COCOc1cc(C(=O)OC)cc(NS(=O)(=O)c2ccccc2)c1C. The van der Waals surface area contributed by atoms with Crippen LogP contribution < -0.4 is 9.46 Å². The molecule has 134 valence electrons. The zero-order valence-corrected chi connectivity index (χ0v) is 14.9. The summed E-state index contributed by atoms with van der Waals surface area (Å²) in [6, 6.07) is 10.8. The van der Waals surface area contributed by atoms with E-state index >= 15 is 0 Å². The number of esters is 1. The summed E-state index contributed by atoms with van der Waals surface area (Å²) >= 11 is 0. The molecule has 0 unspecified atom stereocenters. The van der Waals surface area contributed by atoms with Crippen molar-refractivity contribution in [1.29, 1.82) is 0 Å². The second-order valence-corrected chi connectivity index (χ2v) is 6.79. The molecule has 0 aliphatic carbocycles. The monoisotopic (exact) mass is 365 g/mol. The highest BCUT2D eigenvalue weighted by Gasteiger charge is 2.19. The smallest absolute Gasteiger partial charge is 0.338 e. The minimum Gasteiger partial charge on any atom is -0.467 e. The first kappa shape index (κ1) is 18.8. The molecular weight excluding hydrogens is 346 g/mol. The summed E-state index contributed by atoms with van der Waals surface area (Å²) in [5.41, 5.74) is 0.895. The molecule has 0 aromatic heterocycles. The van der Waals surface area contributed by atoms with Crippen LogP contribution in [0.15, 0.2) is 47.4 Å². The fourth-order valence-corrected chi connectivity index (χ4v) is 3.24. The summed E-state index contributed by atoms with van der Waals surface area (Å²) < 4.78 is 42.5. The lowest BCUT2D eigenvalue weighted by Crippen LogP contribution is -2.15. The standard InChI is InChI=1S/C17H19NO6S/c1-12-15(18-25(20,21)14-7-5-4-6-8-14)9-13(17(19)23-3)10-16(12)24-11-22-2/h4-10,18H,11H2,1-3H3. The lowest BCUT2D eigenvalue weighted by atomic mass is 10.1. The van der Waals surface area contributed by atoms with Crippen molar-refractivity contribution in [2.24, 2.45) is 0 Å². The number of sulfonamides is 1. The lowest BCUT2D eigenvalue weighted by Gasteiger charge is -2.16.